The minimum atomic E-state index is -3.19. The van der Waals surface area contributed by atoms with E-state index in [1.807, 2.05) is 6.07 Å². The van der Waals surface area contributed by atoms with Gasteiger partial charge in [-0.1, -0.05) is 0 Å². The molecule has 0 spiro atoms. The first-order valence-corrected chi connectivity index (χ1v) is 6.11. The molecule has 1 N–H and O–H groups in total. The predicted octanol–water partition coefficient (Wildman–Crippen LogP) is 0.246. The van der Waals surface area contributed by atoms with Gasteiger partial charge in [0.1, 0.15) is 0 Å². The Morgan fingerprint density at radius 3 is 2.71 bits per heavy atom. The standard InChI is InChI=1S/C8H16N2O3S/c1-13-7-8-14(11,12)10-6-4-2-3-5-9/h10H,2-4,6-8H2,1H3. The summed E-state index contributed by atoms with van der Waals surface area (Å²) in [5.74, 6) is -0.0122. The molecule has 0 unspecified atom stereocenters. The highest BCUT2D eigenvalue weighted by atomic mass is 32.2. The van der Waals surface area contributed by atoms with Crippen molar-refractivity contribution < 1.29 is 13.2 Å². The van der Waals surface area contributed by atoms with Crippen LogP contribution in [-0.2, 0) is 14.8 Å². The molecule has 0 atom stereocenters. The Kier molecular flexibility index (Phi) is 7.38. The van der Waals surface area contributed by atoms with Crippen molar-refractivity contribution in [1.82, 2.24) is 4.72 Å². The van der Waals surface area contributed by atoms with Crippen molar-refractivity contribution in [3.63, 3.8) is 0 Å². The van der Waals surface area contributed by atoms with Gasteiger partial charge in [-0.25, -0.2) is 13.1 Å². The van der Waals surface area contributed by atoms with Gasteiger partial charge < -0.3 is 4.74 Å². The number of nitrogens with one attached hydrogen (secondary N) is 1. The van der Waals surface area contributed by atoms with Gasteiger partial charge in [0.2, 0.25) is 10.0 Å². The van der Waals surface area contributed by atoms with E-state index in [0.29, 0.717) is 19.4 Å². The third-order valence-electron chi connectivity index (χ3n) is 1.59. The minimum absolute atomic E-state index is 0.0122. The molecule has 0 heterocycles. The molecular weight excluding hydrogens is 204 g/mol. The third kappa shape index (κ3) is 7.98. The van der Waals surface area contributed by atoms with E-state index < -0.39 is 10.0 Å². The van der Waals surface area contributed by atoms with Crippen molar-refractivity contribution in [1.29, 1.82) is 5.26 Å². The Morgan fingerprint density at radius 1 is 1.43 bits per heavy atom. The summed E-state index contributed by atoms with van der Waals surface area (Å²) in [5.41, 5.74) is 0. The maximum atomic E-state index is 11.2. The van der Waals surface area contributed by atoms with Gasteiger partial charge in [0.05, 0.1) is 18.4 Å². The van der Waals surface area contributed by atoms with Crippen molar-refractivity contribution in [3.05, 3.63) is 0 Å². The number of ether oxygens (including phenoxy) is 1. The Balaban J connectivity index is 3.52. The summed E-state index contributed by atoms with van der Waals surface area (Å²) in [7, 11) is -1.73. The maximum Gasteiger partial charge on any atom is 0.213 e. The molecule has 0 amide bonds. The monoisotopic (exact) mass is 220 g/mol. The average molecular weight is 220 g/mol. The van der Waals surface area contributed by atoms with Crippen LogP contribution in [0, 0.1) is 11.3 Å². The Morgan fingerprint density at radius 2 is 2.14 bits per heavy atom. The molecule has 0 radical (unpaired) electrons. The normalized spacial score (nSPS) is 11.1. The van der Waals surface area contributed by atoms with Crippen LogP contribution in [0.4, 0.5) is 0 Å². The molecule has 5 nitrogen and oxygen atoms in total. The van der Waals surface area contributed by atoms with Gasteiger partial charge in [0.15, 0.2) is 0 Å². The Hall–Kier alpha value is -0.640. The zero-order chi connectivity index (χ0) is 10.9. The van der Waals surface area contributed by atoms with E-state index >= 15 is 0 Å². The molecule has 0 aliphatic carbocycles. The number of nitriles is 1. The van der Waals surface area contributed by atoms with Gasteiger partial charge in [-0.05, 0) is 12.8 Å². The Labute approximate surface area is 85.1 Å². The zero-order valence-electron chi connectivity index (χ0n) is 8.32. The van der Waals surface area contributed by atoms with Crippen molar-refractivity contribution >= 4 is 10.0 Å². The summed E-state index contributed by atoms with van der Waals surface area (Å²) in [6.45, 7) is 0.598. The molecule has 0 aromatic heterocycles. The van der Waals surface area contributed by atoms with Crippen LogP contribution in [0.25, 0.3) is 0 Å². The van der Waals surface area contributed by atoms with Crippen molar-refractivity contribution in [2.45, 2.75) is 19.3 Å². The predicted molar refractivity (Wildman–Crippen MR) is 53.1 cm³/mol. The lowest BCUT2D eigenvalue weighted by Gasteiger charge is -2.04. The van der Waals surface area contributed by atoms with Gasteiger partial charge in [-0.3, -0.25) is 0 Å². The second-order valence-electron chi connectivity index (χ2n) is 2.82. The Bertz CT molecular complexity index is 269. The van der Waals surface area contributed by atoms with Crippen LogP contribution in [0.15, 0.2) is 0 Å². The SMILES string of the molecule is COCCS(=O)(=O)NCCCCC#N. The largest absolute Gasteiger partial charge is 0.384 e. The van der Waals surface area contributed by atoms with Crippen LogP contribution in [0.2, 0.25) is 0 Å². The quantitative estimate of drug-likeness (QED) is 0.594. The first-order chi connectivity index (χ1) is 6.62. The smallest absolute Gasteiger partial charge is 0.213 e. The topological polar surface area (TPSA) is 79.2 Å². The molecule has 0 saturated carbocycles. The third-order valence-corrected chi connectivity index (χ3v) is 2.94. The van der Waals surface area contributed by atoms with Gasteiger partial charge in [0, 0.05) is 20.1 Å². The lowest BCUT2D eigenvalue weighted by Crippen LogP contribution is -2.29. The molecule has 0 aromatic carbocycles. The molecule has 0 aliphatic heterocycles. The summed E-state index contributed by atoms with van der Waals surface area (Å²) in [6, 6.07) is 2.00. The van der Waals surface area contributed by atoms with Crippen molar-refractivity contribution in [2.75, 3.05) is 26.0 Å². The number of rotatable bonds is 8. The van der Waals surface area contributed by atoms with Crippen molar-refractivity contribution in [3.8, 4) is 6.07 Å². The van der Waals surface area contributed by atoms with Crippen LogP contribution in [0.3, 0.4) is 0 Å². The first-order valence-electron chi connectivity index (χ1n) is 4.45. The highest BCUT2D eigenvalue weighted by Gasteiger charge is 2.07. The average Bonchev–Trinajstić information content (AvgIpc) is 2.15. The lowest BCUT2D eigenvalue weighted by molar-refractivity contribution is 0.217. The van der Waals surface area contributed by atoms with Gasteiger partial charge in [-0.2, -0.15) is 5.26 Å². The summed E-state index contributed by atoms with van der Waals surface area (Å²) in [6.07, 6.45) is 1.89. The van der Waals surface area contributed by atoms with Crippen LogP contribution in [0.1, 0.15) is 19.3 Å². The number of unbranched alkanes of at least 4 members (excludes halogenated alkanes) is 2. The molecule has 0 bridgehead atoms. The fourth-order valence-corrected chi connectivity index (χ4v) is 1.81. The molecule has 0 aliphatic rings. The molecule has 14 heavy (non-hydrogen) atoms. The van der Waals surface area contributed by atoms with Crippen molar-refractivity contribution in [2.24, 2.45) is 0 Å². The van der Waals surface area contributed by atoms with Gasteiger partial charge in [0.25, 0.3) is 0 Å². The summed E-state index contributed by atoms with van der Waals surface area (Å²) >= 11 is 0. The van der Waals surface area contributed by atoms with E-state index in [4.69, 9.17) is 5.26 Å². The van der Waals surface area contributed by atoms with Crippen LogP contribution in [-0.4, -0.2) is 34.4 Å². The van der Waals surface area contributed by atoms with E-state index in [1.165, 1.54) is 7.11 Å². The molecule has 0 fully saturated rings. The number of hydrogen-bond acceptors (Lipinski definition) is 4. The number of methoxy groups -OCH3 is 1. The van der Waals surface area contributed by atoms with Crippen LogP contribution < -0.4 is 4.72 Å². The number of sulfonamides is 1. The fraction of sp³-hybridized carbons (Fsp3) is 0.875. The maximum absolute atomic E-state index is 11.2. The zero-order valence-corrected chi connectivity index (χ0v) is 9.14. The van der Waals surface area contributed by atoms with E-state index in [2.05, 4.69) is 9.46 Å². The molecule has 0 saturated heterocycles. The summed E-state index contributed by atoms with van der Waals surface area (Å²) < 4.78 is 29.4. The number of hydrogen-bond donors (Lipinski definition) is 1. The highest BCUT2D eigenvalue weighted by molar-refractivity contribution is 7.89. The number of nitrogens with zero attached hydrogens (tertiary/aromatic N) is 1. The summed E-state index contributed by atoms with van der Waals surface area (Å²) in [4.78, 5) is 0. The van der Waals surface area contributed by atoms with Crippen LogP contribution in [0.5, 0.6) is 0 Å². The lowest BCUT2D eigenvalue weighted by atomic mass is 10.2. The minimum Gasteiger partial charge on any atom is -0.384 e. The first kappa shape index (κ1) is 13.4. The van der Waals surface area contributed by atoms with E-state index in [1.54, 1.807) is 0 Å². The van der Waals surface area contributed by atoms with E-state index in [9.17, 15) is 8.42 Å². The highest BCUT2D eigenvalue weighted by Crippen LogP contribution is 1.93. The molecule has 6 heteroatoms. The van der Waals surface area contributed by atoms with E-state index in [-0.39, 0.29) is 12.4 Å². The van der Waals surface area contributed by atoms with Gasteiger partial charge in [-0.15, -0.1) is 0 Å². The second kappa shape index (κ2) is 7.74. The molecular formula is C8H16N2O3S. The second-order valence-corrected chi connectivity index (χ2v) is 4.75. The molecule has 0 aromatic rings. The molecule has 82 valence electrons. The fourth-order valence-electron chi connectivity index (χ4n) is 0.822. The van der Waals surface area contributed by atoms with Crippen LogP contribution >= 0.6 is 0 Å². The summed E-state index contributed by atoms with van der Waals surface area (Å²) in [5, 5.41) is 8.24. The van der Waals surface area contributed by atoms with E-state index in [0.717, 1.165) is 6.42 Å². The van der Waals surface area contributed by atoms with Gasteiger partial charge >= 0.3 is 0 Å². The molecule has 0 rings (SSSR count).